The van der Waals surface area contributed by atoms with Crippen LogP contribution in [0.4, 0.5) is 0 Å². The summed E-state index contributed by atoms with van der Waals surface area (Å²) in [6.45, 7) is 7.96. The molecule has 0 saturated carbocycles. The van der Waals surface area contributed by atoms with Gasteiger partial charge in [-0.1, -0.05) is 12.7 Å². The fourth-order valence-corrected chi connectivity index (χ4v) is 1.56. The molecule has 1 heterocycles. The second kappa shape index (κ2) is 3.57. The molecule has 0 aliphatic carbocycles. The number of amidine groups is 1. The van der Waals surface area contributed by atoms with E-state index in [2.05, 4.69) is 19.6 Å². The minimum absolute atomic E-state index is 0.407. The number of nitrogens with zero attached hydrogens (tertiary/aromatic N) is 1. The Morgan fingerprint density at radius 3 is 3.00 bits per heavy atom. The van der Waals surface area contributed by atoms with Crippen molar-refractivity contribution in [2.45, 2.75) is 32.7 Å². The monoisotopic (exact) mass is 164 g/mol. The van der Waals surface area contributed by atoms with Crippen LogP contribution in [0.3, 0.4) is 0 Å². The summed E-state index contributed by atoms with van der Waals surface area (Å²) in [5.41, 5.74) is 0.957. The van der Waals surface area contributed by atoms with Crippen molar-refractivity contribution in [2.75, 3.05) is 0 Å². The number of rotatable bonds is 1. The molecule has 0 aromatic rings. The summed E-state index contributed by atoms with van der Waals surface area (Å²) in [5.74, 6) is 0.563. The smallest absolute Gasteiger partial charge is 0.124 e. The van der Waals surface area contributed by atoms with Gasteiger partial charge in [0.25, 0.3) is 0 Å². The van der Waals surface area contributed by atoms with Gasteiger partial charge in [-0.2, -0.15) is 0 Å². The van der Waals surface area contributed by atoms with Gasteiger partial charge in [0.1, 0.15) is 5.84 Å². The van der Waals surface area contributed by atoms with Gasteiger partial charge in [0.2, 0.25) is 0 Å². The lowest BCUT2D eigenvalue weighted by molar-refractivity contribution is 0.385. The molecule has 1 unspecified atom stereocenters. The van der Waals surface area contributed by atoms with Crippen LogP contribution in [0.25, 0.3) is 0 Å². The third-order valence-corrected chi connectivity index (χ3v) is 2.14. The van der Waals surface area contributed by atoms with Crippen molar-refractivity contribution >= 4 is 5.84 Å². The van der Waals surface area contributed by atoms with Gasteiger partial charge in [-0.3, -0.25) is 5.41 Å². The minimum atomic E-state index is 0.407. The molecule has 0 saturated heterocycles. The zero-order valence-corrected chi connectivity index (χ0v) is 7.80. The van der Waals surface area contributed by atoms with Crippen LogP contribution in [0.1, 0.15) is 26.7 Å². The summed E-state index contributed by atoms with van der Waals surface area (Å²) in [6.07, 6.45) is 6.08. The van der Waals surface area contributed by atoms with Gasteiger partial charge in [-0.15, -0.1) is 0 Å². The third-order valence-electron chi connectivity index (χ3n) is 2.14. The Labute approximate surface area is 74.1 Å². The first-order valence-electron chi connectivity index (χ1n) is 4.32. The van der Waals surface area contributed by atoms with Gasteiger partial charge in [-0.25, -0.2) is 0 Å². The van der Waals surface area contributed by atoms with Gasteiger partial charge in [0.05, 0.1) is 0 Å². The highest BCUT2D eigenvalue weighted by atomic mass is 15.2. The van der Waals surface area contributed by atoms with Gasteiger partial charge in [0.15, 0.2) is 0 Å². The number of nitrogens with one attached hydrogen (secondary N) is 1. The maximum atomic E-state index is 7.72. The number of hydrogen-bond acceptors (Lipinski definition) is 1. The van der Waals surface area contributed by atoms with Crippen molar-refractivity contribution in [1.29, 1.82) is 5.41 Å². The topological polar surface area (TPSA) is 27.1 Å². The van der Waals surface area contributed by atoms with E-state index in [1.807, 2.05) is 17.9 Å². The molecule has 1 atom stereocenters. The molecule has 0 bridgehead atoms. The van der Waals surface area contributed by atoms with Gasteiger partial charge < -0.3 is 4.90 Å². The molecule has 66 valence electrons. The second-order valence-electron chi connectivity index (χ2n) is 3.32. The van der Waals surface area contributed by atoms with Crippen molar-refractivity contribution in [3.8, 4) is 0 Å². The molecule has 1 rings (SSSR count). The molecule has 0 radical (unpaired) electrons. The van der Waals surface area contributed by atoms with Crippen molar-refractivity contribution in [2.24, 2.45) is 0 Å². The summed E-state index contributed by atoms with van der Waals surface area (Å²) in [4.78, 5) is 1.98. The van der Waals surface area contributed by atoms with E-state index in [0.717, 1.165) is 18.5 Å². The largest absolute Gasteiger partial charge is 0.329 e. The number of hydrogen-bond donors (Lipinski definition) is 1. The SMILES string of the molecule is C=C(C)N1C(=N)C=CCCC1C. The zero-order chi connectivity index (χ0) is 9.14. The van der Waals surface area contributed by atoms with E-state index in [0.29, 0.717) is 11.9 Å². The number of allylic oxidation sites excluding steroid dienone is 2. The van der Waals surface area contributed by atoms with Crippen LogP contribution >= 0.6 is 0 Å². The first-order chi connectivity index (χ1) is 5.63. The predicted octanol–water partition coefficient (Wildman–Crippen LogP) is 2.54. The van der Waals surface area contributed by atoms with E-state index < -0.39 is 0 Å². The molecule has 1 N–H and O–H groups in total. The maximum absolute atomic E-state index is 7.72. The van der Waals surface area contributed by atoms with Crippen molar-refractivity contribution < 1.29 is 0 Å². The maximum Gasteiger partial charge on any atom is 0.124 e. The van der Waals surface area contributed by atoms with Crippen LogP contribution in [-0.2, 0) is 0 Å². The highest BCUT2D eigenvalue weighted by molar-refractivity contribution is 5.91. The fraction of sp³-hybridized carbons (Fsp3) is 0.500. The minimum Gasteiger partial charge on any atom is -0.329 e. The first kappa shape index (κ1) is 9.04. The average molecular weight is 164 g/mol. The molecule has 12 heavy (non-hydrogen) atoms. The first-order valence-corrected chi connectivity index (χ1v) is 4.32. The molecule has 0 amide bonds. The third kappa shape index (κ3) is 1.76. The quantitative estimate of drug-likeness (QED) is 0.633. The van der Waals surface area contributed by atoms with E-state index in [1.54, 1.807) is 0 Å². The highest BCUT2D eigenvalue weighted by Crippen LogP contribution is 2.16. The summed E-state index contributed by atoms with van der Waals surface area (Å²) in [5, 5.41) is 7.72. The zero-order valence-electron chi connectivity index (χ0n) is 7.80. The van der Waals surface area contributed by atoms with E-state index in [1.165, 1.54) is 0 Å². The Bertz CT molecular complexity index is 228. The molecular formula is C10H16N2. The van der Waals surface area contributed by atoms with Gasteiger partial charge in [0, 0.05) is 11.7 Å². The fourth-order valence-electron chi connectivity index (χ4n) is 1.56. The van der Waals surface area contributed by atoms with Crippen LogP contribution in [-0.4, -0.2) is 16.8 Å². The Hall–Kier alpha value is -1.05. The average Bonchev–Trinajstić information content (AvgIpc) is 2.11. The van der Waals surface area contributed by atoms with Gasteiger partial charge in [-0.05, 0) is 32.8 Å². The van der Waals surface area contributed by atoms with Crippen molar-refractivity contribution in [3.05, 3.63) is 24.4 Å². The molecular weight excluding hydrogens is 148 g/mol. The molecule has 1 aliphatic heterocycles. The van der Waals surface area contributed by atoms with E-state index >= 15 is 0 Å². The summed E-state index contributed by atoms with van der Waals surface area (Å²) >= 11 is 0. The predicted molar refractivity (Wildman–Crippen MR) is 52.2 cm³/mol. The van der Waals surface area contributed by atoms with E-state index in [4.69, 9.17) is 5.41 Å². The lowest BCUT2D eigenvalue weighted by Gasteiger charge is -2.28. The Kier molecular flexibility index (Phi) is 2.69. The molecule has 0 aromatic heterocycles. The Morgan fingerprint density at radius 1 is 1.75 bits per heavy atom. The standard InChI is InChI=1S/C10H16N2/c1-8(2)12-9(3)6-4-5-7-10(12)11/h5,7,9,11H,1,4,6H2,2-3H3. The van der Waals surface area contributed by atoms with Crippen LogP contribution in [0.5, 0.6) is 0 Å². The highest BCUT2D eigenvalue weighted by Gasteiger charge is 2.17. The van der Waals surface area contributed by atoms with Crippen LogP contribution in [0, 0.1) is 5.41 Å². The summed E-state index contributed by atoms with van der Waals surface area (Å²) in [6, 6.07) is 0.407. The van der Waals surface area contributed by atoms with Crippen LogP contribution in [0.2, 0.25) is 0 Å². The van der Waals surface area contributed by atoms with E-state index in [-0.39, 0.29) is 0 Å². The van der Waals surface area contributed by atoms with Gasteiger partial charge >= 0.3 is 0 Å². The molecule has 0 fully saturated rings. The molecule has 1 aliphatic rings. The molecule has 0 aromatic carbocycles. The van der Waals surface area contributed by atoms with Crippen molar-refractivity contribution in [1.82, 2.24) is 4.90 Å². The lowest BCUT2D eigenvalue weighted by Crippen LogP contribution is -2.34. The normalized spacial score (nSPS) is 24.0. The molecule has 0 spiro atoms. The lowest BCUT2D eigenvalue weighted by atomic mass is 10.1. The Morgan fingerprint density at radius 2 is 2.42 bits per heavy atom. The van der Waals surface area contributed by atoms with E-state index in [9.17, 15) is 0 Å². The summed E-state index contributed by atoms with van der Waals surface area (Å²) in [7, 11) is 0. The summed E-state index contributed by atoms with van der Waals surface area (Å²) < 4.78 is 0. The van der Waals surface area contributed by atoms with Crippen LogP contribution in [0.15, 0.2) is 24.4 Å². The Balaban J connectivity index is 2.84. The van der Waals surface area contributed by atoms with Crippen molar-refractivity contribution in [3.63, 3.8) is 0 Å². The second-order valence-corrected chi connectivity index (χ2v) is 3.32. The van der Waals surface area contributed by atoms with Crippen LogP contribution < -0.4 is 0 Å². The molecule has 2 heteroatoms. The molecule has 2 nitrogen and oxygen atoms in total.